The predicted octanol–water partition coefficient (Wildman–Crippen LogP) is 4.73. The summed E-state index contributed by atoms with van der Waals surface area (Å²) in [5, 5.41) is 20.9. The minimum absolute atomic E-state index is 0.0143. The van der Waals surface area contributed by atoms with Crippen molar-refractivity contribution >= 4 is 46.3 Å². The number of thioether (sulfide) groups is 1. The number of phenols is 1. The molecule has 1 heterocycles. The Hall–Kier alpha value is -3.11. The van der Waals surface area contributed by atoms with Gasteiger partial charge in [-0.3, -0.25) is 24.6 Å². The number of hydrogen-bond acceptors (Lipinski definition) is 7. The van der Waals surface area contributed by atoms with Gasteiger partial charge < -0.3 is 9.84 Å². The summed E-state index contributed by atoms with van der Waals surface area (Å²) in [6.07, 6.45) is 1.15. The molecule has 1 aliphatic heterocycles. The number of carbonyl (C=O) groups is 2. The lowest BCUT2D eigenvalue weighted by molar-refractivity contribution is -0.385. The Labute approximate surface area is 179 Å². The fraction of sp³-hybridized carbons (Fsp3) is 0.158. The van der Waals surface area contributed by atoms with Crippen LogP contribution in [0.2, 0.25) is 5.02 Å². The van der Waals surface area contributed by atoms with Crippen LogP contribution in [-0.2, 0) is 11.3 Å². The van der Waals surface area contributed by atoms with Crippen LogP contribution in [-0.4, -0.2) is 32.7 Å². The van der Waals surface area contributed by atoms with Crippen LogP contribution in [0, 0.1) is 15.9 Å². The smallest absolute Gasteiger partial charge is 0.293 e. The molecule has 2 aromatic rings. The third-order valence-corrected chi connectivity index (χ3v) is 5.40. The molecule has 0 aliphatic carbocycles. The Morgan fingerprint density at radius 1 is 1.37 bits per heavy atom. The van der Waals surface area contributed by atoms with Gasteiger partial charge in [-0.25, -0.2) is 4.39 Å². The third-order valence-electron chi connectivity index (χ3n) is 4.14. The molecule has 0 unspecified atom stereocenters. The number of benzene rings is 2. The molecule has 11 heteroatoms. The summed E-state index contributed by atoms with van der Waals surface area (Å²) in [4.78, 5) is 36.2. The van der Waals surface area contributed by atoms with Crippen LogP contribution in [0.5, 0.6) is 11.5 Å². The first kappa shape index (κ1) is 21.6. The second-order valence-corrected chi connectivity index (χ2v) is 7.44. The Kier molecular flexibility index (Phi) is 6.28. The number of phenolic OH excluding ortho intramolecular Hbond substituents is 1. The molecule has 3 rings (SSSR count). The van der Waals surface area contributed by atoms with Crippen molar-refractivity contribution in [2.75, 3.05) is 6.61 Å². The van der Waals surface area contributed by atoms with Crippen molar-refractivity contribution in [2.24, 2.45) is 0 Å². The number of rotatable bonds is 6. The van der Waals surface area contributed by atoms with Gasteiger partial charge in [0, 0.05) is 22.2 Å². The molecular formula is C19H14ClFN2O6S. The van der Waals surface area contributed by atoms with E-state index >= 15 is 0 Å². The Bertz CT molecular complexity index is 1070. The summed E-state index contributed by atoms with van der Waals surface area (Å²) < 4.78 is 19.2. The summed E-state index contributed by atoms with van der Waals surface area (Å²) >= 11 is 6.52. The van der Waals surface area contributed by atoms with E-state index in [1.165, 1.54) is 12.1 Å². The fourth-order valence-corrected chi connectivity index (χ4v) is 3.77. The molecule has 30 heavy (non-hydrogen) atoms. The zero-order valence-electron chi connectivity index (χ0n) is 15.4. The normalized spacial score (nSPS) is 15.2. The van der Waals surface area contributed by atoms with Crippen LogP contribution in [0.4, 0.5) is 14.9 Å². The highest BCUT2D eigenvalue weighted by atomic mass is 35.5. The number of ether oxygens (including phenoxy) is 1. The Balaban J connectivity index is 1.97. The second-order valence-electron chi connectivity index (χ2n) is 6.04. The van der Waals surface area contributed by atoms with Gasteiger partial charge in [-0.1, -0.05) is 17.7 Å². The van der Waals surface area contributed by atoms with Crippen molar-refractivity contribution in [3.63, 3.8) is 0 Å². The van der Waals surface area contributed by atoms with Crippen molar-refractivity contribution < 1.29 is 28.7 Å². The highest BCUT2D eigenvalue weighted by Gasteiger charge is 2.36. The van der Waals surface area contributed by atoms with Gasteiger partial charge in [-0.05, 0) is 36.9 Å². The van der Waals surface area contributed by atoms with Gasteiger partial charge in [0.05, 0.1) is 29.0 Å². The number of hydrogen-bond donors (Lipinski definition) is 1. The molecule has 156 valence electrons. The molecule has 0 spiro atoms. The number of nitro benzene ring substituents is 1. The number of nitro groups is 1. The number of halogens is 2. The van der Waals surface area contributed by atoms with Crippen LogP contribution >= 0.6 is 23.4 Å². The first-order valence-electron chi connectivity index (χ1n) is 8.55. The predicted molar refractivity (Wildman–Crippen MR) is 109 cm³/mol. The van der Waals surface area contributed by atoms with E-state index < -0.39 is 27.6 Å². The Morgan fingerprint density at radius 3 is 2.73 bits per heavy atom. The molecule has 2 aromatic carbocycles. The van der Waals surface area contributed by atoms with Crippen LogP contribution in [0.15, 0.2) is 35.2 Å². The van der Waals surface area contributed by atoms with E-state index in [9.17, 15) is 29.2 Å². The van der Waals surface area contributed by atoms with E-state index in [0.717, 1.165) is 29.2 Å². The van der Waals surface area contributed by atoms with Crippen LogP contribution < -0.4 is 4.74 Å². The monoisotopic (exact) mass is 452 g/mol. The van der Waals surface area contributed by atoms with Crippen molar-refractivity contribution in [3.8, 4) is 11.5 Å². The molecule has 2 amide bonds. The zero-order chi connectivity index (χ0) is 22.0. The standard InChI is InChI=1S/C19H14ClFN2O6S/c1-2-29-15-8-11(23(27)28)6-10(17(15)24)7-16-18(25)22(19(26)30-16)9-12-13(20)4-3-5-14(12)21/h3-8,24H,2,9H2,1H3/b16-7-. The molecule has 0 saturated carbocycles. The maximum Gasteiger partial charge on any atom is 0.293 e. The summed E-state index contributed by atoms with van der Waals surface area (Å²) in [5.41, 5.74) is -0.443. The number of non-ortho nitro benzene ring substituents is 1. The number of nitrogens with zero attached hydrogens (tertiary/aromatic N) is 2. The number of carbonyl (C=O) groups excluding carboxylic acids is 2. The van der Waals surface area contributed by atoms with Gasteiger partial charge in [0.25, 0.3) is 16.8 Å². The molecule has 1 saturated heterocycles. The first-order valence-corrected chi connectivity index (χ1v) is 9.74. The molecule has 1 aliphatic rings. The van der Waals surface area contributed by atoms with Gasteiger partial charge in [0.15, 0.2) is 11.5 Å². The van der Waals surface area contributed by atoms with Gasteiger partial charge >= 0.3 is 0 Å². The highest BCUT2D eigenvalue weighted by molar-refractivity contribution is 8.18. The summed E-state index contributed by atoms with van der Waals surface area (Å²) in [6.45, 7) is 1.41. The van der Waals surface area contributed by atoms with E-state index in [2.05, 4.69) is 0 Å². The van der Waals surface area contributed by atoms with Crippen molar-refractivity contribution in [1.82, 2.24) is 4.90 Å². The lowest BCUT2D eigenvalue weighted by Crippen LogP contribution is -2.28. The minimum atomic E-state index is -0.742. The molecule has 1 fully saturated rings. The largest absolute Gasteiger partial charge is 0.504 e. The van der Waals surface area contributed by atoms with Crippen molar-refractivity contribution in [3.05, 3.63) is 67.3 Å². The maximum absolute atomic E-state index is 14.0. The molecule has 8 nitrogen and oxygen atoms in total. The van der Waals surface area contributed by atoms with E-state index in [4.69, 9.17) is 16.3 Å². The average molecular weight is 453 g/mol. The van der Waals surface area contributed by atoms with Crippen LogP contribution in [0.25, 0.3) is 6.08 Å². The third kappa shape index (κ3) is 4.24. The molecular weight excluding hydrogens is 439 g/mol. The van der Waals surface area contributed by atoms with Gasteiger partial charge in [-0.15, -0.1) is 0 Å². The van der Waals surface area contributed by atoms with E-state index in [0.29, 0.717) is 11.8 Å². The van der Waals surface area contributed by atoms with Crippen molar-refractivity contribution in [1.29, 1.82) is 0 Å². The van der Waals surface area contributed by atoms with Crippen LogP contribution in [0.3, 0.4) is 0 Å². The summed E-state index contributed by atoms with van der Waals surface area (Å²) in [7, 11) is 0. The molecule has 1 N–H and O–H groups in total. The number of imide groups is 1. The van der Waals surface area contributed by atoms with Gasteiger partial charge in [0.1, 0.15) is 5.82 Å². The SMILES string of the molecule is CCOc1cc([N+](=O)[O-])cc(/C=C2\SC(=O)N(Cc3c(F)cccc3Cl)C2=O)c1O. The molecule has 0 atom stereocenters. The average Bonchev–Trinajstić information content (AvgIpc) is 2.94. The second kappa shape index (κ2) is 8.72. The zero-order valence-corrected chi connectivity index (χ0v) is 17.0. The maximum atomic E-state index is 14.0. The summed E-state index contributed by atoms with van der Waals surface area (Å²) in [5.74, 6) is -1.95. The van der Waals surface area contributed by atoms with E-state index in [1.54, 1.807) is 6.92 Å². The minimum Gasteiger partial charge on any atom is -0.504 e. The molecule has 0 bridgehead atoms. The summed E-state index contributed by atoms with van der Waals surface area (Å²) in [6, 6.07) is 6.11. The Morgan fingerprint density at radius 2 is 2.10 bits per heavy atom. The highest BCUT2D eigenvalue weighted by Crippen LogP contribution is 2.40. The number of aromatic hydroxyl groups is 1. The van der Waals surface area contributed by atoms with E-state index in [1.807, 2.05) is 0 Å². The molecule has 0 aromatic heterocycles. The van der Waals surface area contributed by atoms with Crippen molar-refractivity contribution in [2.45, 2.75) is 13.5 Å². The fourth-order valence-electron chi connectivity index (χ4n) is 2.71. The van der Waals surface area contributed by atoms with Crippen LogP contribution in [0.1, 0.15) is 18.1 Å². The topological polar surface area (TPSA) is 110 Å². The lowest BCUT2D eigenvalue weighted by Gasteiger charge is -2.14. The van der Waals surface area contributed by atoms with Gasteiger partial charge in [0.2, 0.25) is 0 Å². The first-order chi connectivity index (χ1) is 14.2. The lowest BCUT2D eigenvalue weighted by atomic mass is 10.1. The van der Waals surface area contributed by atoms with Gasteiger partial charge in [-0.2, -0.15) is 0 Å². The number of amides is 2. The quantitative estimate of drug-likeness (QED) is 0.383. The molecule has 0 radical (unpaired) electrons. The van der Waals surface area contributed by atoms with E-state index in [-0.39, 0.29) is 45.6 Å².